The van der Waals surface area contributed by atoms with Crippen molar-refractivity contribution in [2.75, 3.05) is 6.61 Å². The van der Waals surface area contributed by atoms with Crippen LogP contribution in [0.4, 0.5) is 0 Å². The van der Waals surface area contributed by atoms with Crippen LogP contribution in [0.25, 0.3) is 0 Å². The Morgan fingerprint density at radius 3 is 2.56 bits per heavy atom. The highest BCUT2D eigenvalue weighted by Crippen LogP contribution is 2.44. The Morgan fingerprint density at radius 1 is 1.50 bits per heavy atom. The maximum atomic E-state index is 11.7. The van der Waals surface area contributed by atoms with E-state index < -0.39 is 10.5 Å². The van der Waals surface area contributed by atoms with Crippen molar-refractivity contribution in [1.82, 2.24) is 0 Å². The van der Waals surface area contributed by atoms with Gasteiger partial charge < -0.3 is 10.5 Å². The first-order valence-electron chi connectivity index (χ1n) is 5.07. The van der Waals surface area contributed by atoms with E-state index in [1.54, 1.807) is 13.8 Å². The number of nitrogens with two attached hydrogens (primary N) is 1. The van der Waals surface area contributed by atoms with Gasteiger partial charge in [0.1, 0.15) is 5.03 Å². The Morgan fingerprint density at radius 2 is 2.12 bits per heavy atom. The van der Waals surface area contributed by atoms with Crippen LogP contribution in [0, 0.1) is 0 Å². The third-order valence-corrected chi connectivity index (χ3v) is 4.01. The Hall–Kier alpha value is -1.32. The lowest BCUT2D eigenvalue weighted by atomic mass is 10.2. The fourth-order valence-corrected chi connectivity index (χ4v) is 3.10. The molecule has 2 N–H and O–H groups in total. The molecule has 1 atom stereocenters. The highest BCUT2D eigenvalue weighted by atomic mass is 32.2. The molecule has 16 heavy (non-hydrogen) atoms. The largest absolute Gasteiger partial charge is 0.491 e. The topological polar surface area (TPSA) is 69.4 Å². The van der Waals surface area contributed by atoms with E-state index in [1.165, 1.54) is 0 Å². The standard InChI is InChI=1S/C11H15NO3S/c1-4-8(14)10-7(3)9(15-5-2)11(12)16(10)6-13/h4-5,12H2,1-3H3. The molecule has 1 aliphatic rings. The minimum atomic E-state index is -1.05. The molecule has 1 aliphatic heterocycles. The first-order valence-corrected chi connectivity index (χ1v) is 6.29. The van der Waals surface area contributed by atoms with Gasteiger partial charge >= 0.3 is 0 Å². The van der Waals surface area contributed by atoms with Gasteiger partial charge in [-0.2, -0.15) is 0 Å². The van der Waals surface area contributed by atoms with Crippen LogP contribution >= 0.6 is 10.5 Å². The summed E-state index contributed by atoms with van der Waals surface area (Å²) in [6, 6.07) is 0. The Balaban J connectivity index is 3.31. The lowest BCUT2D eigenvalue weighted by Gasteiger charge is -2.05. The third kappa shape index (κ3) is 1.96. The minimum absolute atomic E-state index is 0.0677. The van der Waals surface area contributed by atoms with Crippen molar-refractivity contribution < 1.29 is 14.3 Å². The van der Waals surface area contributed by atoms with Gasteiger partial charge in [0.2, 0.25) is 0 Å². The summed E-state index contributed by atoms with van der Waals surface area (Å²) in [7, 11) is -1.05. The van der Waals surface area contributed by atoms with Crippen LogP contribution in [0.1, 0.15) is 27.2 Å². The van der Waals surface area contributed by atoms with E-state index in [0.29, 0.717) is 34.3 Å². The normalized spacial score (nSPS) is 20.1. The average Bonchev–Trinajstić information content (AvgIpc) is 2.52. The lowest BCUT2D eigenvalue weighted by Crippen LogP contribution is -2.00. The van der Waals surface area contributed by atoms with Crippen LogP contribution in [-0.4, -0.2) is 17.6 Å². The van der Waals surface area contributed by atoms with Crippen LogP contribution in [0.2, 0.25) is 0 Å². The zero-order valence-corrected chi connectivity index (χ0v) is 10.4. The van der Waals surface area contributed by atoms with Gasteiger partial charge in [-0.15, -0.1) is 0 Å². The second-order valence-electron chi connectivity index (χ2n) is 3.25. The van der Waals surface area contributed by atoms with Crippen LogP contribution in [0.15, 0.2) is 21.3 Å². The monoisotopic (exact) mass is 241 g/mol. The Bertz CT molecular complexity index is 442. The van der Waals surface area contributed by atoms with Gasteiger partial charge in [0.25, 0.3) is 0 Å². The van der Waals surface area contributed by atoms with Crippen molar-refractivity contribution in [2.45, 2.75) is 27.2 Å². The maximum Gasteiger partial charge on any atom is 0.169 e. The summed E-state index contributed by atoms with van der Waals surface area (Å²) in [5, 5.41) is 2.16. The quantitative estimate of drug-likeness (QED) is 0.761. The summed E-state index contributed by atoms with van der Waals surface area (Å²) >= 11 is 0. The Kier molecular flexibility index (Phi) is 4.10. The fraction of sp³-hybridized carbons (Fsp3) is 0.455. The maximum absolute atomic E-state index is 11.7. The van der Waals surface area contributed by atoms with Crippen molar-refractivity contribution in [1.29, 1.82) is 0 Å². The van der Waals surface area contributed by atoms with Crippen molar-refractivity contribution in [3.8, 4) is 0 Å². The number of rotatable bonds is 4. The number of hydrogen-bond acceptors (Lipinski definition) is 4. The molecule has 0 aromatic carbocycles. The number of carbonyl (C=O) groups is 1. The zero-order valence-electron chi connectivity index (χ0n) is 9.62. The number of ketones is 1. The van der Waals surface area contributed by atoms with Gasteiger partial charge in [-0.3, -0.25) is 4.79 Å². The van der Waals surface area contributed by atoms with Gasteiger partial charge in [-0.1, -0.05) is 6.92 Å². The van der Waals surface area contributed by atoms with E-state index in [-0.39, 0.29) is 5.78 Å². The number of carbonyl (C=O) groups excluding carboxylic acids is 2. The molecule has 0 spiro atoms. The molecular weight excluding hydrogens is 226 g/mol. The van der Waals surface area contributed by atoms with Crippen molar-refractivity contribution in [3.63, 3.8) is 0 Å². The number of ether oxygens (including phenoxy) is 1. The van der Waals surface area contributed by atoms with Gasteiger partial charge in [0.15, 0.2) is 16.8 Å². The van der Waals surface area contributed by atoms with E-state index in [2.05, 4.69) is 0 Å². The molecule has 88 valence electrons. The second kappa shape index (κ2) is 5.14. The molecule has 4 nitrogen and oxygen atoms in total. The van der Waals surface area contributed by atoms with Crippen LogP contribution in [-0.2, 0) is 14.3 Å². The molecule has 1 rings (SSSR count). The first kappa shape index (κ1) is 12.7. The molecule has 0 amide bonds. The highest BCUT2D eigenvalue weighted by Gasteiger charge is 2.30. The van der Waals surface area contributed by atoms with Gasteiger partial charge in [0, 0.05) is 12.0 Å². The van der Waals surface area contributed by atoms with Gasteiger partial charge in [-0.05, 0) is 24.3 Å². The molecule has 0 bridgehead atoms. The number of Topliss-reactive ketones (excluding diaryl/α,β-unsaturated/α-hetero) is 1. The molecule has 0 aliphatic carbocycles. The number of hydrogen-bond donors (Lipinski definition) is 1. The summed E-state index contributed by atoms with van der Waals surface area (Å²) in [4.78, 5) is 23.1. The lowest BCUT2D eigenvalue weighted by molar-refractivity contribution is -0.114. The van der Waals surface area contributed by atoms with E-state index in [9.17, 15) is 9.59 Å². The predicted molar refractivity (Wildman–Crippen MR) is 64.1 cm³/mol. The summed E-state index contributed by atoms with van der Waals surface area (Å²) < 4.78 is 5.36. The van der Waals surface area contributed by atoms with Crippen LogP contribution in [0.5, 0.6) is 0 Å². The van der Waals surface area contributed by atoms with Crippen molar-refractivity contribution >= 4 is 21.5 Å². The predicted octanol–water partition coefficient (Wildman–Crippen LogP) is 1.75. The second-order valence-corrected chi connectivity index (χ2v) is 4.87. The molecule has 1 unspecified atom stereocenters. The van der Waals surface area contributed by atoms with Crippen LogP contribution in [0.3, 0.4) is 0 Å². The third-order valence-electron chi connectivity index (χ3n) is 2.28. The van der Waals surface area contributed by atoms with E-state index in [4.69, 9.17) is 10.5 Å². The summed E-state index contributed by atoms with van der Waals surface area (Å²) in [5.41, 5.74) is 6.48. The average molecular weight is 241 g/mol. The molecule has 0 saturated carbocycles. The molecule has 0 fully saturated rings. The molecular formula is C11H15NO3S. The molecule has 0 radical (unpaired) electrons. The smallest absolute Gasteiger partial charge is 0.169 e. The molecule has 0 aromatic rings. The summed E-state index contributed by atoms with van der Waals surface area (Å²) in [6.07, 6.45) is 0.352. The van der Waals surface area contributed by atoms with Crippen molar-refractivity contribution in [3.05, 3.63) is 21.3 Å². The summed E-state index contributed by atoms with van der Waals surface area (Å²) in [5.74, 6) is 0.410. The molecule has 0 saturated heterocycles. The molecule has 5 heteroatoms. The minimum Gasteiger partial charge on any atom is -0.491 e. The fourth-order valence-electron chi connectivity index (χ4n) is 1.54. The van der Waals surface area contributed by atoms with E-state index in [0.717, 1.165) is 0 Å². The summed E-state index contributed by atoms with van der Waals surface area (Å²) in [6.45, 7) is 5.79. The first-order chi connectivity index (χ1) is 7.58. The van der Waals surface area contributed by atoms with Gasteiger partial charge in [0.05, 0.1) is 11.5 Å². The SMILES string of the molecule is CCOC1=C(N)S(=C=O)C(C(=O)CC)=C1C. The van der Waals surface area contributed by atoms with Crippen molar-refractivity contribution in [2.24, 2.45) is 5.73 Å². The molecule has 0 aromatic heterocycles. The van der Waals surface area contributed by atoms with E-state index >= 15 is 0 Å². The van der Waals surface area contributed by atoms with Gasteiger partial charge in [-0.25, -0.2) is 4.79 Å². The Labute approximate surface area is 97.1 Å². The number of allylic oxidation sites excluding steroid dienone is 2. The molecule has 1 heterocycles. The highest BCUT2D eigenvalue weighted by molar-refractivity contribution is 8.22. The zero-order chi connectivity index (χ0) is 12.3. The van der Waals surface area contributed by atoms with Crippen LogP contribution < -0.4 is 5.73 Å². The van der Waals surface area contributed by atoms with E-state index in [1.807, 2.05) is 12.2 Å².